The predicted molar refractivity (Wildman–Crippen MR) is 63.3 cm³/mol. The van der Waals surface area contributed by atoms with E-state index in [2.05, 4.69) is 10.3 Å². The predicted octanol–water partition coefficient (Wildman–Crippen LogP) is -2.18. The van der Waals surface area contributed by atoms with Crippen molar-refractivity contribution in [2.75, 3.05) is 6.61 Å². The zero-order valence-corrected chi connectivity index (χ0v) is 10.9. The van der Waals surface area contributed by atoms with Gasteiger partial charge >= 0.3 is 5.97 Å². The second-order valence-corrected chi connectivity index (χ2v) is 4.59. The number of aromatic nitrogens is 3. The first-order chi connectivity index (χ1) is 9.51. The van der Waals surface area contributed by atoms with Gasteiger partial charge in [0.25, 0.3) is 0 Å². The van der Waals surface area contributed by atoms with Gasteiger partial charge in [0, 0.05) is 6.92 Å². The molecule has 0 spiro atoms. The van der Waals surface area contributed by atoms with Gasteiger partial charge in [-0.25, -0.2) is 4.68 Å². The van der Waals surface area contributed by atoms with Crippen molar-refractivity contribution in [2.24, 2.45) is 0 Å². The van der Waals surface area contributed by atoms with E-state index in [1.165, 1.54) is 11.6 Å². The second kappa shape index (κ2) is 6.27. The summed E-state index contributed by atoms with van der Waals surface area (Å²) in [5.41, 5.74) is 0.465. The molecule has 0 bridgehead atoms. The average Bonchev–Trinajstić information content (AvgIpc) is 2.96. The van der Waals surface area contributed by atoms with Gasteiger partial charge in [0.15, 0.2) is 0 Å². The van der Waals surface area contributed by atoms with E-state index in [0.717, 1.165) is 0 Å². The summed E-state index contributed by atoms with van der Waals surface area (Å²) >= 11 is 0. The van der Waals surface area contributed by atoms with Gasteiger partial charge in [0.2, 0.25) is 0 Å². The van der Waals surface area contributed by atoms with E-state index in [-0.39, 0.29) is 19.8 Å². The molecule has 9 nitrogen and oxygen atoms in total. The zero-order chi connectivity index (χ0) is 14.7. The van der Waals surface area contributed by atoms with Gasteiger partial charge < -0.3 is 24.8 Å². The summed E-state index contributed by atoms with van der Waals surface area (Å²) in [6.45, 7) is 1.11. The van der Waals surface area contributed by atoms with Gasteiger partial charge in [0.05, 0.1) is 19.3 Å². The molecule has 0 amide bonds. The minimum Gasteiger partial charge on any atom is -0.459 e. The van der Waals surface area contributed by atoms with Crippen LogP contribution < -0.4 is 0 Å². The van der Waals surface area contributed by atoms with E-state index in [4.69, 9.17) is 14.6 Å². The number of ether oxygens (including phenoxy) is 2. The molecule has 0 saturated carbocycles. The molecule has 1 aromatic rings. The smallest absolute Gasteiger partial charge is 0.303 e. The molecule has 0 radical (unpaired) electrons. The number of hydrogen-bond acceptors (Lipinski definition) is 8. The van der Waals surface area contributed by atoms with Gasteiger partial charge in [-0.3, -0.25) is 4.79 Å². The molecule has 0 aliphatic carbocycles. The zero-order valence-electron chi connectivity index (χ0n) is 10.9. The third-order valence-electron chi connectivity index (χ3n) is 3.02. The summed E-state index contributed by atoms with van der Waals surface area (Å²) < 4.78 is 11.5. The van der Waals surface area contributed by atoms with Crippen LogP contribution in [-0.2, 0) is 27.4 Å². The first-order valence-corrected chi connectivity index (χ1v) is 6.16. The number of rotatable bonds is 5. The number of aliphatic hydroxyl groups is 3. The summed E-state index contributed by atoms with van der Waals surface area (Å²) in [4.78, 5) is 10.7. The third kappa shape index (κ3) is 3.31. The van der Waals surface area contributed by atoms with Crippen LogP contribution in [0.1, 0.15) is 12.6 Å². The topological polar surface area (TPSA) is 127 Å². The second-order valence-electron chi connectivity index (χ2n) is 4.59. The molecule has 1 fully saturated rings. The molecule has 2 heterocycles. The van der Waals surface area contributed by atoms with Crippen LogP contribution in [0.2, 0.25) is 0 Å². The fourth-order valence-electron chi connectivity index (χ4n) is 1.98. The van der Waals surface area contributed by atoms with Crippen LogP contribution >= 0.6 is 0 Å². The Kier molecular flexibility index (Phi) is 4.65. The molecule has 1 aliphatic heterocycles. The Morgan fingerprint density at radius 1 is 1.45 bits per heavy atom. The highest BCUT2D eigenvalue weighted by atomic mass is 16.6. The first-order valence-electron chi connectivity index (χ1n) is 6.16. The average molecular weight is 287 g/mol. The molecule has 2 rings (SSSR count). The van der Waals surface area contributed by atoms with Gasteiger partial charge in [-0.05, 0) is 0 Å². The lowest BCUT2D eigenvalue weighted by Crippen LogP contribution is -2.35. The van der Waals surface area contributed by atoms with Crippen molar-refractivity contribution in [1.29, 1.82) is 0 Å². The van der Waals surface area contributed by atoms with E-state index in [9.17, 15) is 15.0 Å². The van der Waals surface area contributed by atoms with Crippen LogP contribution in [0.5, 0.6) is 0 Å². The monoisotopic (exact) mass is 287 g/mol. The van der Waals surface area contributed by atoms with Crippen LogP contribution in [0.3, 0.4) is 0 Å². The molecular weight excluding hydrogens is 270 g/mol. The molecule has 9 heteroatoms. The number of esters is 1. The molecule has 20 heavy (non-hydrogen) atoms. The van der Waals surface area contributed by atoms with E-state index in [1.807, 2.05) is 0 Å². The van der Waals surface area contributed by atoms with Gasteiger partial charge in [-0.2, -0.15) is 0 Å². The highest BCUT2D eigenvalue weighted by Gasteiger charge is 2.42. The molecule has 0 unspecified atom stereocenters. The van der Waals surface area contributed by atoms with Crippen molar-refractivity contribution in [3.63, 3.8) is 0 Å². The van der Waals surface area contributed by atoms with Crippen LogP contribution in [-0.4, -0.2) is 67.3 Å². The lowest BCUT2D eigenvalue weighted by molar-refractivity contribution is -0.142. The minimum atomic E-state index is -1.13. The van der Waals surface area contributed by atoms with Gasteiger partial charge in [-0.15, -0.1) is 5.10 Å². The summed E-state index contributed by atoms with van der Waals surface area (Å²) in [7, 11) is 0. The number of aliphatic hydroxyl groups excluding tert-OH is 3. The van der Waals surface area contributed by atoms with Crippen LogP contribution in [0.15, 0.2) is 6.20 Å². The number of hydrogen-bond donors (Lipinski definition) is 3. The lowest BCUT2D eigenvalue weighted by Gasteiger charge is -2.13. The van der Waals surface area contributed by atoms with Crippen molar-refractivity contribution >= 4 is 5.97 Å². The minimum absolute atomic E-state index is 0.0191. The molecule has 1 aromatic heterocycles. The highest BCUT2D eigenvalue weighted by molar-refractivity contribution is 5.65. The Bertz CT molecular complexity index is 465. The molecule has 1 saturated heterocycles. The van der Waals surface area contributed by atoms with Crippen molar-refractivity contribution in [3.8, 4) is 0 Å². The summed E-state index contributed by atoms with van der Waals surface area (Å²) in [5.74, 6) is -0.414. The number of carbonyl (C=O) groups excluding carboxylic acids is 1. The maximum absolute atomic E-state index is 10.7. The Morgan fingerprint density at radius 3 is 2.75 bits per heavy atom. The Labute approximate surface area is 114 Å². The quantitative estimate of drug-likeness (QED) is 0.522. The first kappa shape index (κ1) is 14.9. The van der Waals surface area contributed by atoms with Crippen molar-refractivity contribution in [2.45, 2.75) is 44.5 Å². The fourth-order valence-corrected chi connectivity index (χ4v) is 1.98. The van der Waals surface area contributed by atoms with E-state index < -0.39 is 30.4 Å². The molecule has 0 aromatic carbocycles. The summed E-state index contributed by atoms with van der Waals surface area (Å²) in [6, 6.07) is 0. The number of carbonyl (C=O) groups is 1. The summed E-state index contributed by atoms with van der Waals surface area (Å²) in [5, 5.41) is 36.0. The lowest BCUT2D eigenvalue weighted by atomic mass is 10.1. The molecule has 3 N–H and O–H groups in total. The standard InChI is InChI=1S/C11H17N3O6/c1-6(16)19-5-7-2-14(13-12-7)3-8-10(17)11(18)9(4-15)20-8/h2,8-11,15,17-18H,3-5H2,1H3/t8-,9+,10+,11+/m0/s1. The van der Waals surface area contributed by atoms with Crippen molar-refractivity contribution in [3.05, 3.63) is 11.9 Å². The van der Waals surface area contributed by atoms with Gasteiger partial charge in [-0.1, -0.05) is 5.21 Å². The van der Waals surface area contributed by atoms with Gasteiger partial charge in [0.1, 0.15) is 36.7 Å². The van der Waals surface area contributed by atoms with E-state index in [1.54, 1.807) is 6.20 Å². The fraction of sp³-hybridized carbons (Fsp3) is 0.727. The molecule has 112 valence electrons. The molecular formula is C11H17N3O6. The molecule has 4 atom stereocenters. The molecule has 1 aliphatic rings. The SMILES string of the molecule is CC(=O)OCc1cn(C[C@@H]2O[C@H](CO)[C@@H](O)[C@@H]2O)nn1. The van der Waals surface area contributed by atoms with E-state index >= 15 is 0 Å². The maximum Gasteiger partial charge on any atom is 0.303 e. The Balaban J connectivity index is 1.92. The van der Waals surface area contributed by atoms with Crippen LogP contribution in [0.25, 0.3) is 0 Å². The van der Waals surface area contributed by atoms with Crippen molar-refractivity contribution in [1.82, 2.24) is 15.0 Å². The van der Waals surface area contributed by atoms with Crippen LogP contribution in [0, 0.1) is 0 Å². The maximum atomic E-state index is 10.7. The number of nitrogens with zero attached hydrogens (tertiary/aromatic N) is 3. The Morgan fingerprint density at radius 2 is 2.15 bits per heavy atom. The normalized spacial score (nSPS) is 29.6. The van der Waals surface area contributed by atoms with Crippen LogP contribution in [0.4, 0.5) is 0 Å². The van der Waals surface area contributed by atoms with E-state index in [0.29, 0.717) is 5.69 Å². The summed E-state index contributed by atoms with van der Waals surface area (Å²) in [6.07, 6.45) is -2.18. The van der Waals surface area contributed by atoms with Crippen molar-refractivity contribution < 1.29 is 29.6 Å². The highest BCUT2D eigenvalue weighted by Crippen LogP contribution is 2.22. The third-order valence-corrected chi connectivity index (χ3v) is 3.02. The largest absolute Gasteiger partial charge is 0.459 e. The Hall–Kier alpha value is -1.55.